The number of anilines is 2. The maximum absolute atomic E-state index is 5.67. The molecule has 1 N–H and O–H groups in total. The van der Waals surface area contributed by atoms with Gasteiger partial charge in [-0.2, -0.15) is 5.10 Å². The van der Waals surface area contributed by atoms with E-state index in [1.807, 2.05) is 44.2 Å². The molecule has 2 heterocycles. The van der Waals surface area contributed by atoms with Gasteiger partial charge in [-0.3, -0.25) is 0 Å². The van der Waals surface area contributed by atoms with Crippen molar-refractivity contribution >= 4 is 27.4 Å². The Labute approximate surface area is 155 Å². The van der Waals surface area contributed by atoms with Gasteiger partial charge in [0.15, 0.2) is 5.82 Å². The molecule has 0 fully saturated rings. The number of ether oxygens (including phenoxy) is 1. The summed E-state index contributed by atoms with van der Waals surface area (Å²) < 4.78 is 8.45. The van der Waals surface area contributed by atoms with Crippen molar-refractivity contribution in [1.29, 1.82) is 0 Å². The summed E-state index contributed by atoms with van der Waals surface area (Å²) in [5.74, 6) is 2.24. The van der Waals surface area contributed by atoms with Crippen LogP contribution in [0.15, 0.2) is 41.1 Å². The molecule has 0 saturated heterocycles. The number of hydrogen-bond acceptors (Lipinski definition) is 5. The first-order valence-electron chi connectivity index (χ1n) is 8.12. The zero-order valence-corrected chi connectivity index (χ0v) is 16.0. The van der Waals surface area contributed by atoms with E-state index >= 15 is 0 Å². The van der Waals surface area contributed by atoms with Crippen LogP contribution in [0.1, 0.15) is 24.7 Å². The van der Waals surface area contributed by atoms with Crippen LogP contribution in [0.5, 0.6) is 5.75 Å². The van der Waals surface area contributed by atoms with Crippen LogP contribution in [0.25, 0.3) is 5.82 Å². The number of hydrogen-bond donors (Lipinski definition) is 1. The van der Waals surface area contributed by atoms with E-state index in [-0.39, 0.29) is 0 Å². The van der Waals surface area contributed by atoms with Gasteiger partial charge in [-0.1, -0.05) is 13.0 Å². The SMILES string of the molecule is CCCOc1cccc(Nc2cc(-n3nc(C)c(Br)c3C)ncn2)c1. The summed E-state index contributed by atoms with van der Waals surface area (Å²) in [6.45, 7) is 6.74. The second-order valence-corrected chi connectivity index (χ2v) is 6.45. The second-order valence-electron chi connectivity index (χ2n) is 5.66. The van der Waals surface area contributed by atoms with Crippen LogP contribution >= 0.6 is 15.9 Å². The fraction of sp³-hybridized carbons (Fsp3) is 0.278. The number of rotatable bonds is 6. The zero-order valence-electron chi connectivity index (χ0n) is 14.5. The van der Waals surface area contributed by atoms with Gasteiger partial charge in [0.1, 0.15) is 17.9 Å². The van der Waals surface area contributed by atoms with Gasteiger partial charge in [-0.05, 0) is 48.3 Å². The van der Waals surface area contributed by atoms with Gasteiger partial charge in [0, 0.05) is 17.8 Å². The first-order chi connectivity index (χ1) is 12.1. The monoisotopic (exact) mass is 401 g/mol. The molecule has 0 aliphatic rings. The lowest BCUT2D eigenvalue weighted by Crippen LogP contribution is -2.04. The van der Waals surface area contributed by atoms with Gasteiger partial charge in [0.05, 0.1) is 22.5 Å². The van der Waals surface area contributed by atoms with E-state index in [2.05, 4.69) is 43.2 Å². The Hall–Kier alpha value is -2.41. The average molecular weight is 402 g/mol. The molecule has 25 heavy (non-hydrogen) atoms. The van der Waals surface area contributed by atoms with E-state index in [9.17, 15) is 0 Å². The molecule has 0 aliphatic carbocycles. The lowest BCUT2D eigenvalue weighted by atomic mass is 10.3. The third-order valence-electron chi connectivity index (χ3n) is 3.65. The predicted octanol–water partition coefficient (Wildman–Crippen LogP) is 4.57. The quantitative estimate of drug-likeness (QED) is 0.654. The van der Waals surface area contributed by atoms with Crippen molar-refractivity contribution in [3.05, 3.63) is 52.5 Å². The van der Waals surface area contributed by atoms with Crippen LogP contribution in [0.2, 0.25) is 0 Å². The fourth-order valence-corrected chi connectivity index (χ4v) is 2.66. The third kappa shape index (κ3) is 3.99. The molecule has 0 radical (unpaired) electrons. The van der Waals surface area contributed by atoms with E-state index in [0.717, 1.165) is 33.7 Å². The molecule has 3 rings (SSSR count). The summed E-state index contributed by atoms with van der Waals surface area (Å²) in [5.41, 5.74) is 2.83. The highest BCUT2D eigenvalue weighted by molar-refractivity contribution is 9.10. The minimum absolute atomic E-state index is 0.696. The molecule has 3 aromatic rings. The van der Waals surface area contributed by atoms with Crippen LogP contribution in [0, 0.1) is 13.8 Å². The van der Waals surface area contributed by atoms with E-state index < -0.39 is 0 Å². The van der Waals surface area contributed by atoms with Crippen molar-refractivity contribution in [3.63, 3.8) is 0 Å². The molecule has 0 spiro atoms. The minimum atomic E-state index is 0.696. The number of nitrogens with zero attached hydrogens (tertiary/aromatic N) is 4. The Morgan fingerprint density at radius 2 is 2.04 bits per heavy atom. The molecule has 7 heteroatoms. The average Bonchev–Trinajstić information content (AvgIpc) is 2.88. The number of aromatic nitrogens is 4. The fourth-order valence-electron chi connectivity index (χ4n) is 2.41. The van der Waals surface area contributed by atoms with Crippen molar-refractivity contribution in [2.45, 2.75) is 27.2 Å². The maximum atomic E-state index is 5.67. The van der Waals surface area contributed by atoms with E-state index in [4.69, 9.17) is 4.74 Å². The molecule has 130 valence electrons. The minimum Gasteiger partial charge on any atom is -0.494 e. The van der Waals surface area contributed by atoms with Crippen molar-refractivity contribution in [1.82, 2.24) is 19.7 Å². The molecule has 0 unspecified atom stereocenters. The normalized spacial score (nSPS) is 10.7. The van der Waals surface area contributed by atoms with E-state index in [0.29, 0.717) is 18.2 Å². The van der Waals surface area contributed by atoms with Crippen LogP contribution in [0.3, 0.4) is 0 Å². The number of benzene rings is 1. The smallest absolute Gasteiger partial charge is 0.159 e. The van der Waals surface area contributed by atoms with Gasteiger partial charge < -0.3 is 10.1 Å². The Balaban J connectivity index is 1.84. The summed E-state index contributed by atoms with van der Waals surface area (Å²) in [7, 11) is 0. The summed E-state index contributed by atoms with van der Waals surface area (Å²) in [4.78, 5) is 8.62. The molecule has 0 atom stereocenters. The maximum Gasteiger partial charge on any atom is 0.159 e. The molecule has 6 nitrogen and oxygen atoms in total. The van der Waals surface area contributed by atoms with Gasteiger partial charge in [0.25, 0.3) is 0 Å². The van der Waals surface area contributed by atoms with Crippen LogP contribution in [-0.4, -0.2) is 26.4 Å². The van der Waals surface area contributed by atoms with Crippen molar-refractivity contribution in [2.24, 2.45) is 0 Å². The molecular weight excluding hydrogens is 382 g/mol. The summed E-state index contributed by atoms with van der Waals surface area (Å²) in [5, 5.41) is 7.80. The Bertz CT molecular complexity index is 878. The summed E-state index contributed by atoms with van der Waals surface area (Å²) in [6, 6.07) is 9.69. The first-order valence-corrected chi connectivity index (χ1v) is 8.92. The van der Waals surface area contributed by atoms with Gasteiger partial charge in [-0.25, -0.2) is 14.6 Å². The van der Waals surface area contributed by atoms with E-state index in [1.165, 1.54) is 6.33 Å². The molecule has 2 aromatic heterocycles. The molecule has 0 aliphatic heterocycles. The summed E-state index contributed by atoms with van der Waals surface area (Å²) in [6.07, 6.45) is 2.50. The highest BCUT2D eigenvalue weighted by atomic mass is 79.9. The van der Waals surface area contributed by atoms with Crippen LogP contribution < -0.4 is 10.1 Å². The van der Waals surface area contributed by atoms with Crippen LogP contribution in [0.4, 0.5) is 11.5 Å². The Morgan fingerprint density at radius 1 is 1.20 bits per heavy atom. The lowest BCUT2D eigenvalue weighted by molar-refractivity contribution is 0.317. The number of halogens is 1. The zero-order chi connectivity index (χ0) is 17.8. The van der Waals surface area contributed by atoms with Crippen molar-refractivity contribution in [2.75, 3.05) is 11.9 Å². The second kappa shape index (κ2) is 7.65. The molecule has 0 amide bonds. The predicted molar refractivity (Wildman–Crippen MR) is 102 cm³/mol. The summed E-state index contributed by atoms with van der Waals surface area (Å²) >= 11 is 3.54. The van der Waals surface area contributed by atoms with Crippen LogP contribution in [-0.2, 0) is 0 Å². The van der Waals surface area contributed by atoms with Crippen molar-refractivity contribution < 1.29 is 4.74 Å². The van der Waals surface area contributed by atoms with E-state index in [1.54, 1.807) is 4.68 Å². The standard InChI is InChI=1S/C18H20BrN5O/c1-4-8-25-15-7-5-6-14(9-15)22-16-10-17(21-11-20-16)24-13(3)18(19)12(2)23-24/h5-7,9-11H,4,8H2,1-3H3,(H,20,21,22). The Kier molecular flexibility index (Phi) is 5.33. The van der Waals surface area contributed by atoms with Gasteiger partial charge in [0.2, 0.25) is 0 Å². The molecule has 0 saturated carbocycles. The molecule has 1 aromatic carbocycles. The highest BCUT2D eigenvalue weighted by Crippen LogP contribution is 2.24. The Morgan fingerprint density at radius 3 is 2.76 bits per heavy atom. The molecular formula is C18H20BrN5O. The highest BCUT2D eigenvalue weighted by Gasteiger charge is 2.12. The van der Waals surface area contributed by atoms with Gasteiger partial charge in [-0.15, -0.1) is 0 Å². The number of aryl methyl sites for hydroxylation is 1. The number of nitrogens with one attached hydrogen (secondary N) is 1. The molecule has 0 bridgehead atoms. The lowest BCUT2D eigenvalue weighted by Gasteiger charge is -2.10. The van der Waals surface area contributed by atoms with Gasteiger partial charge >= 0.3 is 0 Å². The van der Waals surface area contributed by atoms with Crippen molar-refractivity contribution in [3.8, 4) is 11.6 Å². The topological polar surface area (TPSA) is 64.9 Å². The third-order valence-corrected chi connectivity index (χ3v) is 4.80. The first kappa shape index (κ1) is 17.4. The largest absolute Gasteiger partial charge is 0.494 e.